The summed E-state index contributed by atoms with van der Waals surface area (Å²) >= 11 is 0. The van der Waals surface area contributed by atoms with E-state index in [1.54, 1.807) is 11.9 Å². The Labute approximate surface area is 189 Å². The number of hydrogen-bond donors (Lipinski definition) is 3. The molecule has 32 heavy (non-hydrogen) atoms. The number of anilines is 2. The van der Waals surface area contributed by atoms with Crippen LogP contribution in [-0.4, -0.2) is 30.4 Å². The monoisotopic (exact) mass is 430 g/mol. The molecule has 0 bridgehead atoms. The van der Waals surface area contributed by atoms with Crippen LogP contribution >= 0.6 is 0 Å². The summed E-state index contributed by atoms with van der Waals surface area (Å²) in [5.41, 5.74) is 3.97. The van der Waals surface area contributed by atoms with Crippen LogP contribution in [0.5, 0.6) is 0 Å². The Bertz CT molecular complexity index is 991. The predicted octanol–water partition coefficient (Wildman–Crippen LogP) is 5.03. The molecule has 1 unspecified atom stereocenters. The first-order chi connectivity index (χ1) is 15.5. The van der Waals surface area contributed by atoms with E-state index < -0.39 is 0 Å². The number of nitrogens with one attached hydrogen (secondary N) is 3. The van der Waals surface area contributed by atoms with Crippen molar-refractivity contribution in [2.45, 2.75) is 25.9 Å². The van der Waals surface area contributed by atoms with Crippen LogP contribution in [0.4, 0.5) is 16.2 Å². The molecule has 0 fully saturated rings. The first-order valence-corrected chi connectivity index (χ1v) is 10.8. The molecule has 6 heteroatoms. The highest BCUT2D eigenvalue weighted by Crippen LogP contribution is 2.20. The van der Waals surface area contributed by atoms with Gasteiger partial charge in [-0.05, 0) is 42.3 Å². The second-order valence-electron chi connectivity index (χ2n) is 7.73. The molecule has 1 atom stereocenters. The van der Waals surface area contributed by atoms with Crippen molar-refractivity contribution in [2.24, 2.45) is 0 Å². The van der Waals surface area contributed by atoms with Gasteiger partial charge in [-0.1, -0.05) is 60.7 Å². The van der Waals surface area contributed by atoms with Gasteiger partial charge in [-0.2, -0.15) is 0 Å². The van der Waals surface area contributed by atoms with Gasteiger partial charge in [0.15, 0.2) is 0 Å². The number of carbonyl (C=O) groups is 2. The average Bonchev–Trinajstić information content (AvgIpc) is 2.81. The fourth-order valence-electron chi connectivity index (χ4n) is 3.30. The highest BCUT2D eigenvalue weighted by atomic mass is 16.2. The van der Waals surface area contributed by atoms with E-state index in [4.69, 9.17) is 0 Å². The zero-order chi connectivity index (χ0) is 22.8. The predicted molar refractivity (Wildman–Crippen MR) is 129 cm³/mol. The first-order valence-electron chi connectivity index (χ1n) is 10.8. The normalized spacial score (nSPS) is 11.3. The van der Waals surface area contributed by atoms with Crippen molar-refractivity contribution in [1.29, 1.82) is 0 Å². The fourth-order valence-corrected chi connectivity index (χ4v) is 3.30. The fraction of sp³-hybridized carbons (Fsp3) is 0.231. The van der Waals surface area contributed by atoms with Crippen molar-refractivity contribution in [3.63, 3.8) is 0 Å². The lowest BCUT2D eigenvalue weighted by atomic mass is 10.1. The molecule has 3 aromatic carbocycles. The second-order valence-corrected chi connectivity index (χ2v) is 7.73. The van der Waals surface area contributed by atoms with Crippen molar-refractivity contribution in [2.75, 3.05) is 24.2 Å². The maximum absolute atomic E-state index is 12.2. The summed E-state index contributed by atoms with van der Waals surface area (Å²) in [5.74, 6) is -0.144. The third-order valence-corrected chi connectivity index (χ3v) is 5.09. The van der Waals surface area contributed by atoms with Crippen LogP contribution in [-0.2, 0) is 11.3 Å². The van der Waals surface area contributed by atoms with Gasteiger partial charge in [0.25, 0.3) is 0 Å². The van der Waals surface area contributed by atoms with E-state index >= 15 is 0 Å². The van der Waals surface area contributed by atoms with Crippen molar-refractivity contribution < 1.29 is 9.59 Å². The number of rotatable bonds is 9. The maximum Gasteiger partial charge on any atom is 0.317 e. The van der Waals surface area contributed by atoms with E-state index in [0.29, 0.717) is 6.54 Å². The summed E-state index contributed by atoms with van der Waals surface area (Å²) < 4.78 is 0. The number of amides is 3. The van der Waals surface area contributed by atoms with Gasteiger partial charge >= 0.3 is 6.03 Å². The molecule has 0 aliphatic rings. The van der Waals surface area contributed by atoms with Crippen molar-refractivity contribution >= 4 is 23.3 Å². The van der Waals surface area contributed by atoms with Gasteiger partial charge in [0, 0.05) is 44.0 Å². The zero-order valence-electron chi connectivity index (χ0n) is 18.5. The number of benzene rings is 3. The van der Waals surface area contributed by atoms with Crippen LogP contribution in [0.25, 0.3) is 0 Å². The Kier molecular flexibility index (Phi) is 8.26. The molecule has 166 valence electrons. The second kappa shape index (κ2) is 11.6. The third kappa shape index (κ3) is 7.16. The summed E-state index contributed by atoms with van der Waals surface area (Å²) in [7, 11) is 1.73. The number of carbonyl (C=O) groups excluding carboxylic acids is 2. The molecular weight excluding hydrogens is 400 g/mol. The Balaban J connectivity index is 1.38. The van der Waals surface area contributed by atoms with Crippen LogP contribution in [0.2, 0.25) is 0 Å². The average molecular weight is 431 g/mol. The van der Waals surface area contributed by atoms with E-state index in [9.17, 15) is 9.59 Å². The standard InChI is InChI=1S/C26H30N4O2/c1-20(22-11-7-4-8-12-22)28-23-13-15-24(16-14-23)29-25(31)17-18-27-26(32)30(2)19-21-9-5-3-6-10-21/h3-16,20,28H,17-19H2,1-2H3,(H,27,32)(H,29,31). The Morgan fingerprint density at radius 3 is 2.09 bits per heavy atom. The molecule has 0 saturated heterocycles. The Hall–Kier alpha value is -3.80. The lowest BCUT2D eigenvalue weighted by Crippen LogP contribution is -2.38. The lowest BCUT2D eigenvalue weighted by molar-refractivity contribution is -0.116. The minimum absolute atomic E-state index is 0.144. The summed E-state index contributed by atoms with van der Waals surface area (Å²) in [6.07, 6.45) is 0.204. The van der Waals surface area contributed by atoms with Gasteiger partial charge in [-0.3, -0.25) is 4.79 Å². The number of nitrogens with zero attached hydrogens (tertiary/aromatic N) is 1. The molecule has 3 rings (SSSR count). The van der Waals surface area contributed by atoms with Gasteiger partial charge in [0.2, 0.25) is 5.91 Å². The molecule has 0 aromatic heterocycles. The van der Waals surface area contributed by atoms with Gasteiger partial charge in [-0.15, -0.1) is 0 Å². The molecule has 0 saturated carbocycles. The van der Waals surface area contributed by atoms with Crippen molar-refractivity contribution in [1.82, 2.24) is 10.2 Å². The Morgan fingerprint density at radius 1 is 0.844 bits per heavy atom. The largest absolute Gasteiger partial charge is 0.379 e. The van der Waals surface area contributed by atoms with Crippen molar-refractivity contribution in [3.8, 4) is 0 Å². The van der Waals surface area contributed by atoms with E-state index in [0.717, 1.165) is 16.9 Å². The quantitative estimate of drug-likeness (QED) is 0.446. The zero-order valence-corrected chi connectivity index (χ0v) is 18.5. The van der Waals surface area contributed by atoms with Crippen LogP contribution < -0.4 is 16.0 Å². The van der Waals surface area contributed by atoms with Gasteiger partial charge in [0.1, 0.15) is 0 Å². The highest BCUT2D eigenvalue weighted by molar-refractivity contribution is 5.91. The topological polar surface area (TPSA) is 73.5 Å². The van der Waals surface area contributed by atoms with Gasteiger partial charge in [0.05, 0.1) is 0 Å². The van der Waals surface area contributed by atoms with Gasteiger partial charge in [-0.25, -0.2) is 4.79 Å². The molecule has 6 nitrogen and oxygen atoms in total. The molecule has 3 aromatic rings. The van der Waals surface area contributed by atoms with E-state index in [1.807, 2.05) is 72.8 Å². The minimum atomic E-state index is -0.204. The molecule has 0 aliphatic heterocycles. The molecule has 0 spiro atoms. The van der Waals surface area contributed by atoms with E-state index in [1.165, 1.54) is 5.56 Å². The SMILES string of the molecule is CC(Nc1ccc(NC(=O)CCNC(=O)N(C)Cc2ccccc2)cc1)c1ccccc1. The van der Waals surface area contributed by atoms with Crippen molar-refractivity contribution in [3.05, 3.63) is 96.1 Å². The minimum Gasteiger partial charge on any atom is -0.379 e. The molecule has 0 aliphatic carbocycles. The first kappa shape index (κ1) is 22.9. The summed E-state index contributed by atoms with van der Waals surface area (Å²) in [6, 6.07) is 27.6. The summed E-state index contributed by atoms with van der Waals surface area (Å²) in [4.78, 5) is 26.0. The van der Waals surface area contributed by atoms with Crippen LogP contribution in [0.3, 0.4) is 0 Å². The number of hydrogen-bond acceptors (Lipinski definition) is 3. The van der Waals surface area contributed by atoms with Crippen LogP contribution in [0.1, 0.15) is 30.5 Å². The lowest BCUT2D eigenvalue weighted by Gasteiger charge is -2.18. The van der Waals surface area contributed by atoms with Gasteiger partial charge < -0.3 is 20.9 Å². The van der Waals surface area contributed by atoms with E-state index in [2.05, 4.69) is 35.0 Å². The molecule has 0 heterocycles. The van der Waals surface area contributed by atoms with Crippen LogP contribution in [0, 0.1) is 0 Å². The maximum atomic E-state index is 12.2. The Morgan fingerprint density at radius 2 is 1.44 bits per heavy atom. The molecular formula is C26H30N4O2. The molecule has 3 N–H and O–H groups in total. The molecule has 3 amide bonds. The third-order valence-electron chi connectivity index (χ3n) is 5.09. The smallest absolute Gasteiger partial charge is 0.317 e. The van der Waals surface area contributed by atoms with E-state index in [-0.39, 0.29) is 30.9 Å². The summed E-state index contributed by atoms with van der Waals surface area (Å²) in [5, 5.41) is 9.10. The highest BCUT2D eigenvalue weighted by Gasteiger charge is 2.10. The van der Waals surface area contributed by atoms with Crippen LogP contribution in [0.15, 0.2) is 84.9 Å². The number of urea groups is 1. The summed E-state index contributed by atoms with van der Waals surface area (Å²) in [6.45, 7) is 2.90. The molecule has 0 radical (unpaired) electrons.